The number of hydrogen-bond acceptors (Lipinski definition) is 4. The lowest BCUT2D eigenvalue weighted by molar-refractivity contribution is -0.121. The van der Waals surface area contributed by atoms with E-state index in [0.717, 1.165) is 43.5 Å². The minimum Gasteiger partial charge on any atom is -0.490 e. The average Bonchev–Trinajstić information content (AvgIpc) is 2.82. The van der Waals surface area contributed by atoms with E-state index in [1.807, 2.05) is 31.2 Å². The minimum absolute atomic E-state index is 0.0269. The molecule has 1 atom stereocenters. The summed E-state index contributed by atoms with van der Waals surface area (Å²) < 4.78 is 19.0. The molecule has 0 spiro atoms. The molecule has 2 amide bonds. The van der Waals surface area contributed by atoms with Gasteiger partial charge in [-0.1, -0.05) is 12.1 Å². The number of piperazine rings is 1. The molecule has 2 N–H and O–H groups in total. The van der Waals surface area contributed by atoms with Crippen LogP contribution < -0.4 is 10.1 Å². The maximum absolute atomic E-state index is 13.0. The molecule has 2 aliphatic rings. The third-order valence-electron chi connectivity index (χ3n) is 6.75. The first kappa shape index (κ1) is 24.0. The normalized spacial score (nSPS) is 23.4. The molecule has 2 fully saturated rings. The smallest absolute Gasteiger partial charge is 0.407 e. The summed E-state index contributed by atoms with van der Waals surface area (Å²) in [5, 5.41) is 12.2. The lowest BCUT2D eigenvalue weighted by Gasteiger charge is -2.38. The Balaban J connectivity index is 1.21. The predicted molar refractivity (Wildman–Crippen MR) is 127 cm³/mol. The summed E-state index contributed by atoms with van der Waals surface area (Å²) >= 11 is 0. The van der Waals surface area contributed by atoms with Crippen LogP contribution >= 0.6 is 0 Å². The Kier molecular flexibility index (Phi) is 7.67. The van der Waals surface area contributed by atoms with Crippen LogP contribution in [0.3, 0.4) is 0 Å². The Morgan fingerprint density at radius 2 is 1.71 bits per heavy atom. The van der Waals surface area contributed by atoms with Crippen LogP contribution in [-0.4, -0.2) is 58.7 Å². The lowest BCUT2D eigenvalue weighted by atomic mass is 9.86. The molecule has 2 aromatic carbocycles. The molecule has 182 valence electrons. The molecule has 0 aromatic heterocycles. The molecule has 7 nitrogen and oxygen atoms in total. The second-order valence-electron chi connectivity index (χ2n) is 9.29. The lowest BCUT2D eigenvalue weighted by Crippen LogP contribution is -2.53. The fourth-order valence-corrected chi connectivity index (χ4v) is 4.81. The number of ether oxygens (including phenoxy) is 1. The average molecular weight is 470 g/mol. The minimum atomic E-state index is -0.860. The van der Waals surface area contributed by atoms with E-state index >= 15 is 0 Å². The molecule has 34 heavy (non-hydrogen) atoms. The first-order chi connectivity index (χ1) is 16.4. The van der Waals surface area contributed by atoms with Gasteiger partial charge in [-0.2, -0.15) is 0 Å². The number of carboxylic acid groups (broad SMARTS) is 1. The van der Waals surface area contributed by atoms with Crippen LogP contribution in [0, 0.1) is 11.7 Å². The van der Waals surface area contributed by atoms with Crippen molar-refractivity contribution in [2.45, 2.75) is 51.3 Å². The van der Waals surface area contributed by atoms with Crippen molar-refractivity contribution >= 4 is 17.7 Å². The number of hydrogen-bond donors (Lipinski definition) is 2. The Hall–Kier alpha value is -3.13. The molecule has 0 radical (unpaired) electrons. The number of anilines is 1. The van der Waals surface area contributed by atoms with E-state index in [1.165, 1.54) is 17.0 Å². The summed E-state index contributed by atoms with van der Waals surface area (Å²) in [6.07, 6.45) is 2.30. The maximum atomic E-state index is 13.0. The van der Waals surface area contributed by atoms with Crippen molar-refractivity contribution in [2.24, 2.45) is 5.92 Å². The van der Waals surface area contributed by atoms with Gasteiger partial charge in [-0.05, 0) is 74.6 Å². The van der Waals surface area contributed by atoms with Gasteiger partial charge in [0.1, 0.15) is 11.6 Å². The first-order valence-electron chi connectivity index (χ1n) is 11.9. The highest BCUT2D eigenvalue weighted by Gasteiger charge is 2.28. The van der Waals surface area contributed by atoms with E-state index in [1.54, 1.807) is 12.1 Å². The summed E-state index contributed by atoms with van der Waals surface area (Å²) in [6, 6.07) is 13.9. The van der Waals surface area contributed by atoms with Crippen molar-refractivity contribution in [1.29, 1.82) is 0 Å². The van der Waals surface area contributed by atoms with Crippen molar-refractivity contribution in [2.75, 3.05) is 25.0 Å². The van der Waals surface area contributed by atoms with Crippen LogP contribution in [0.4, 0.5) is 14.9 Å². The van der Waals surface area contributed by atoms with Crippen LogP contribution in [0.15, 0.2) is 48.5 Å². The monoisotopic (exact) mass is 469 g/mol. The molecular formula is C26H32FN3O4. The number of nitrogens with one attached hydrogen (secondary N) is 1. The molecule has 8 heteroatoms. The summed E-state index contributed by atoms with van der Waals surface area (Å²) in [7, 11) is 0. The highest BCUT2D eigenvalue weighted by atomic mass is 19.1. The standard InChI is InChI=1S/C26H32FN3O4/c1-18-16-29(14-15-30(18)26(32)33)17-19-2-8-22(9-3-19)28-25(31)20-4-10-23(11-5-20)34-24-12-6-21(27)7-13-24/h2-3,6-9,12-13,18,20,23H,4-5,10-11,14-17H2,1H3,(H,28,31)(H,32,33)/t18-,20?,23?/m0/s1. The number of amides is 2. The molecular weight excluding hydrogens is 437 g/mol. The van der Waals surface area contributed by atoms with Crippen molar-refractivity contribution in [3.05, 3.63) is 59.9 Å². The molecule has 0 bridgehead atoms. The fraction of sp³-hybridized carbons (Fsp3) is 0.462. The summed E-state index contributed by atoms with van der Waals surface area (Å²) in [5.74, 6) is 0.368. The number of nitrogens with zero attached hydrogens (tertiary/aromatic N) is 2. The number of rotatable bonds is 6. The Morgan fingerprint density at radius 1 is 1.03 bits per heavy atom. The summed E-state index contributed by atoms with van der Waals surface area (Å²) in [4.78, 5) is 27.7. The number of carbonyl (C=O) groups excluding carboxylic acids is 1. The van der Waals surface area contributed by atoms with Gasteiger partial charge >= 0.3 is 6.09 Å². The van der Waals surface area contributed by atoms with Gasteiger partial charge < -0.3 is 20.1 Å². The summed E-state index contributed by atoms with van der Waals surface area (Å²) in [5.41, 5.74) is 1.91. The van der Waals surface area contributed by atoms with E-state index < -0.39 is 6.09 Å². The van der Waals surface area contributed by atoms with E-state index in [4.69, 9.17) is 4.74 Å². The zero-order valence-electron chi connectivity index (χ0n) is 19.5. The van der Waals surface area contributed by atoms with Crippen LogP contribution in [0.1, 0.15) is 38.2 Å². The predicted octanol–water partition coefficient (Wildman–Crippen LogP) is 4.59. The molecule has 1 aliphatic carbocycles. The van der Waals surface area contributed by atoms with Crippen molar-refractivity contribution in [1.82, 2.24) is 9.80 Å². The number of halogens is 1. The quantitative estimate of drug-likeness (QED) is 0.647. The maximum Gasteiger partial charge on any atom is 0.407 e. The fourth-order valence-electron chi connectivity index (χ4n) is 4.81. The van der Waals surface area contributed by atoms with Gasteiger partial charge in [0.25, 0.3) is 0 Å². The SMILES string of the molecule is C[C@H]1CN(Cc2ccc(NC(=O)C3CCC(Oc4ccc(F)cc4)CC3)cc2)CCN1C(=O)O. The van der Waals surface area contributed by atoms with E-state index in [-0.39, 0.29) is 29.8 Å². The first-order valence-corrected chi connectivity index (χ1v) is 11.9. The largest absolute Gasteiger partial charge is 0.490 e. The topological polar surface area (TPSA) is 82.1 Å². The number of benzene rings is 2. The third-order valence-corrected chi connectivity index (χ3v) is 6.75. The summed E-state index contributed by atoms with van der Waals surface area (Å²) in [6.45, 7) is 4.62. The van der Waals surface area contributed by atoms with Crippen molar-refractivity contribution < 1.29 is 23.8 Å². The third kappa shape index (κ3) is 6.26. The van der Waals surface area contributed by atoms with E-state index in [2.05, 4.69) is 10.2 Å². The molecule has 1 saturated heterocycles. The van der Waals surface area contributed by atoms with Crippen molar-refractivity contribution in [3.63, 3.8) is 0 Å². The van der Waals surface area contributed by atoms with Crippen LogP contribution in [0.5, 0.6) is 5.75 Å². The highest BCUT2D eigenvalue weighted by Crippen LogP contribution is 2.29. The van der Waals surface area contributed by atoms with Crippen molar-refractivity contribution in [3.8, 4) is 5.75 Å². The van der Waals surface area contributed by atoms with Crippen LogP contribution in [0.25, 0.3) is 0 Å². The van der Waals surface area contributed by atoms with E-state index in [9.17, 15) is 19.1 Å². The Morgan fingerprint density at radius 3 is 2.32 bits per heavy atom. The van der Waals surface area contributed by atoms with Crippen LogP contribution in [-0.2, 0) is 11.3 Å². The Labute approximate surface area is 199 Å². The van der Waals surface area contributed by atoms with Gasteiger partial charge in [0.15, 0.2) is 0 Å². The van der Waals surface area contributed by atoms with E-state index in [0.29, 0.717) is 25.4 Å². The highest BCUT2D eigenvalue weighted by molar-refractivity contribution is 5.92. The second kappa shape index (κ2) is 10.9. The zero-order valence-corrected chi connectivity index (χ0v) is 19.5. The van der Waals surface area contributed by atoms with Gasteiger partial charge in [0.05, 0.1) is 6.10 Å². The van der Waals surface area contributed by atoms with Gasteiger partial charge in [0.2, 0.25) is 5.91 Å². The van der Waals surface area contributed by atoms with Gasteiger partial charge in [0, 0.05) is 43.8 Å². The van der Waals surface area contributed by atoms with Gasteiger partial charge in [-0.25, -0.2) is 9.18 Å². The van der Waals surface area contributed by atoms with Gasteiger partial charge in [-0.15, -0.1) is 0 Å². The molecule has 1 heterocycles. The molecule has 1 saturated carbocycles. The second-order valence-corrected chi connectivity index (χ2v) is 9.29. The van der Waals surface area contributed by atoms with Gasteiger partial charge in [-0.3, -0.25) is 9.69 Å². The number of carbonyl (C=O) groups is 2. The molecule has 2 aromatic rings. The Bertz CT molecular complexity index is 975. The molecule has 4 rings (SSSR count). The van der Waals surface area contributed by atoms with Crippen LogP contribution in [0.2, 0.25) is 0 Å². The zero-order chi connectivity index (χ0) is 24.1. The molecule has 1 aliphatic heterocycles. The molecule has 0 unspecified atom stereocenters.